The van der Waals surface area contributed by atoms with E-state index in [-0.39, 0.29) is 11.6 Å². The summed E-state index contributed by atoms with van der Waals surface area (Å²) >= 11 is -1.79. The van der Waals surface area contributed by atoms with Crippen molar-refractivity contribution in [3.63, 3.8) is 0 Å². The van der Waals surface area contributed by atoms with Crippen molar-refractivity contribution in [2.45, 2.75) is 0 Å². The van der Waals surface area contributed by atoms with Gasteiger partial charge in [0.25, 0.3) is 0 Å². The number of Topliss-reactive ketones (excluding diaryl/α,β-unsaturated/α-hetero) is 2. The molecule has 0 amide bonds. The van der Waals surface area contributed by atoms with E-state index in [1.165, 1.54) is 0 Å². The summed E-state index contributed by atoms with van der Waals surface area (Å²) in [5, 5.41) is 0. The van der Waals surface area contributed by atoms with E-state index in [1.807, 2.05) is 12.1 Å². The second-order valence-corrected chi connectivity index (χ2v) is 8.29. The molecule has 0 unspecified atom stereocenters. The maximum atomic E-state index is 11.7. The van der Waals surface area contributed by atoms with Crippen LogP contribution in [0.5, 0.6) is 0 Å². The van der Waals surface area contributed by atoms with Gasteiger partial charge < -0.3 is 0 Å². The van der Waals surface area contributed by atoms with Crippen LogP contribution in [-0.2, 0) is 24.6 Å². The zero-order valence-corrected chi connectivity index (χ0v) is 16.8. The Labute approximate surface area is 136 Å². The molecule has 0 N–H and O–H groups in total. The Bertz CT molecular complexity index is 689. The normalized spacial score (nSPS) is 8.38. The standard InChI is InChI=1S/2C9H5O.Hg/c2*1-2-9(10)8-6-4-3-5-7-8;/h2*3-7H;. The SMILES string of the molecule is O=C(C#[C][Hg][C]#CC(=O)c1ccccc1)c1ccccc1. The van der Waals surface area contributed by atoms with Gasteiger partial charge in [-0.1, -0.05) is 0 Å². The average molecular weight is 459 g/mol. The van der Waals surface area contributed by atoms with E-state index in [0.717, 1.165) is 0 Å². The van der Waals surface area contributed by atoms with Crippen LogP contribution in [0.1, 0.15) is 20.7 Å². The molecule has 0 bridgehead atoms. The molecular formula is C18H10HgO2. The summed E-state index contributed by atoms with van der Waals surface area (Å²) in [6.45, 7) is 0. The summed E-state index contributed by atoms with van der Waals surface area (Å²) in [5.41, 5.74) is 1.18. The molecule has 2 rings (SSSR count). The van der Waals surface area contributed by atoms with E-state index in [4.69, 9.17) is 0 Å². The number of hydrogen-bond acceptors (Lipinski definition) is 2. The molecule has 0 saturated heterocycles. The Hall–Kier alpha value is -2.16. The Morgan fingerprint density at radius 2 is 1.05 bits per heavy atom. The molecule has 0 aliphatic heterocycles. The summed E-state index contributed by atoms with van der Waals surface area (Å²) in [5.74, 6) is 4.84. The molecule has 0 aromatic heterocycles. The average Bonchev–Trinajstić information content (AvgIpc) is 2.55. The van der Waals surface area contributed by atoms with Crippen LogP contribution < -0.4 is 0 Å². The fraction of sp³-hybridized carbons (Fsp3) is 0. The second kappa shape index (κ2) is 8.20. The third kappa shape index (κ3) is 5.02. The molecule has 0 heterocycles. The molecule has 0 fully saturated rings. The first-order valence-corrected chi connectivity index (χ1v) is 11.9. The van der Waals surface area contributed by atoms with Crippen LogP contribution >= 0.6 is 0 Å². The van der Waals surface area contributed by atoms with E-state index in [1.54, 1.807) is 48.5 Å². The van der Waals surface area contributed by atoms with Gasteiger partial charge in [-0.15, -0.1) is 0 Å². The zero-order valence-electron chi connectivity index (χ0n) is 11.3. The van der Waals surface area contributed by atoms with E-state index >= 15 is 0 Å². The Morgan fingerprint density at radius 3 is 1.43 bits per heavy atom. The molecule has 0 spiro atoms. The quantitative estimate of drug-likeness (QED) is 0.394. The summed E-state index contributed by atoms with van der Waals surface area (Å²) in [7, 11) is 0. The summed E-state index contributed by atoms with van der Waals surface area (Å²) in [6, 6.07) is 17.9. The number of rotatable bonds is 2. The molecule has 2 aromatic rings. The van der Waals surface area contributed by atoms with Crippen molar-refractivity contribution in [1.29, 1.82) is 0 Å². The molecule has 21 heavy (non-hydrogen) atoms. The van der Waals surface area contributed by atoms with Gasteiger partial charge in [0.1, 0.15) is 0 Å². The van der Waals surface area contributed by atoms with E-state index in [0.29, 0.717) is 11.1 Å². The van der Waals surface area contributed by atoms with Gasteiger partial charge in [0, 0.05) is 0 Å². The summed E-state index contributed by atoms with van der Waals surface area (Å²) < 4.78 is 5.77. The topological polar surface area (TPSA) is 34.1 Å². The van der Waals surface area contributed by atoms with Crippen molar-refractivity contribution in [1.82, 2.24) is 0 Å². The molecule has 0 radical (unpaired) electrons. The van der Waals surface area contributed by atoms with Crippen molar-refractivity contribution in [3.8, 4) is 18.7 Å². The van der Waals surface area contributed by atoms with Crippen LogP contribution in [0, 0.1) is 18.7 Å². The van der Waals surface area contributed by atoms with Gasteiger partial charge in [-0.05, 0) is 0 Å². The van der Waals surface area contributed by atoms with Crippen molar-refractivity contribution in [3.05, 3.63) is 71.8 Å². The van der Waals surface area contributed by atoms with Crippen molar-refractivity contribution >= 4 is 11.6 Å². The van der Waals surface area contributed by atoms with Gasteiger partial charge in [-0.3, -0.25) is 0 Å². The molecule has 2 nitrogen and oxygen atoms in total. The van der Waals surface area contributed by atoms with Gasteiger partial charge in [-0.2, -0.15) is 0 Å². The molecule has 0 saturated carbocycles. The zero-order chi connectivity index (χ0) is 14.9. The number of hydrogen-bond donors (Lipinski definition) is 0. The van der Waals surface area contributed by atoms with Gasteiger partial charge in [0.2, 0.25) is 0 Å². The predicted octanol–water partition coefficient (Wildman–Crippen LogP) is 2.76. The molecule has 0 atom stereocenters. The van der Waals surface area contributed by atoms with Crippen LogP contribution in [-0.4, -0.2) is 11.6 Å². The Kier molecular flexibility index (Phi) is 5.94. The van der Waals surface area contributed by atoms with Gasteiger partial charge in [0.05, 0.1) is 0 Å². The van der Waals surface area contributed by atoms with E-state index in [2.05, 4.69) is 18.7 Å². The monoisotopic (exact) mass is 460 g/mol. The summed E-state index contributed by atoms with van der Waals surface area (Å²) in [4.78, 5) is 23.4. The number of benzene rings is 2. The molecule has 0 aliphatic rings. The summed E-state index contributed by atoms with van der Waals surface area (Å²) in [6.07, 6.45) is 0. The number of ketones is 2. The van der Waals surface area contributed by atoms with Crippen molar-refractivity contribution in [2.75, 3.05) is 0 Å². The molecule has 96 valence electrons. The fourth-order valence-corrected chi connectivity index (χ4v) is 3.90. The Balaban J connectivity index is 1.92. The third-order valence-electron chi connectivity index (χ3n) is 2.65. The fourth-order valence-electron chi connectivity index (χ4n) is 1.62. The minimum absolute atomic E-state index is 0.188. The van der Waals surface area contributed by atoms with Crippen LogP contribution in [0.4, 0.5) is 0 Å². The van der Waals surface area contributed by atoms with Crippen LogP contribution in [0.2, 0.25) is 0 Å². The van der Waals surface area contributed by atoms with Crippen LogP contribution in [0.25, 0.3) is 0 Å². The first kappa shape index (κ1) is 15.2. The first-order chi connectivity index (χ1) is 10.3. The third-order valence-corrected chi connectivity index (χ3v) is 5.40. The first-order valence-electron chi connectivity index (χ1n) is 6.44. The van der Waals surface area contributed by atoms with E-state index in [9.17, 15) is 9.59 Å². The van der Waals surface area contributed by atoms with Crippen molar-refractivity contribution in [2.24, 2.45) is 0 Å². The molecule has 2 aromatic carbocycles. The predicted molar refractivity (Wildman–Crippen MR) is 77.1 cm³/mol. The van der Waals surface area contributed by atoms with Gasteiger partial charge >= 0.3 is 136 Å². The molecular weight excluding hydrogens is 449 g/mol. The second-order valence-electron chi connectivity index (χ2n) is 4.17. The van der Waals surface area contributed by atoms with Gasteiger partial charge in [0.15, 0.2) is 0 Å². The van der Waals surface area contributed by atoms with E-state index < -0.39 is 24.6 Å². The minimum atomic E-state index is -1.79. The van der Waals surface area contributed by atoms with Crippen molar-refractivity contribution < 1.29 is 34.2 Å². The number of carbonyl (C=O) groups excluding carboxylic acids is 2. The Morgan fingerprint density at radius 1 is 0.667 bits per heavy atom. The van der Waals surface area contributed by atoms with Gasteiger partial charge in [-0.25, -0.2) is 0 Å². The maximum absolute atomic E-state index is 11.7. The molecule has 0 aliphatic carbocycles. The van der Waals surface area contributed by atoms with Crippen LogP contribution in [0.15, 0.2) is 60.7 Å². The van der Waals surface area contributed by atoms with Crippen LogP contribution in [0.3, 0.4) is 0 Å². The number of carbonyl (C=O) groups is 2. The molecule has 3 heteroatoms.